The quantitative estimate of drug-likeness (QED) is 0.833. The van der Waals surface area contributed by atoms with Crippen molar-refractivity contribution in [3.05, 3.63) is 41.3 Å². The number of halogens is 1. The van der Waals surface area contributed by atoms with E-state index < -0.39 is 17.6 Å². The predicted molar refractivity (Wildman–Crippen MR) is 71.8 cm³/mol. The molecule has 22 heavy (non-hydrogen) atoms. The molecular formula is C13H13FN4O4. The molecule has 0 radical (unpaired) electrons. The fraction of sp³-hybridized carbons (Fsp3) is 0.231. The van der Waals surface area contributed by atoms with E-state index in [1.54, 1.807) is 0 Å². The van der Waals surface area contributed by atoms with E-state index in [1.807, 2.05) is 0 Å². The lowest BCUT2D eigenvalue weighted by molar-refractivity contribution is 0.0933. The number of benzene rings is 1. The Kier molecular flexibility index (Phi) is 4.66. The van der Waals surface area contributed by atoms with E-state index in [9.17, 15) is 14.0 Å². The zero-order chi connectivity index (χ0) is 16.1. The number of nitrogens with one attached hydrogen (secondary N) is 2. The lowest BCUT2D eigenvalue weighted by Gasteiger charge is -2.08. The first-order valence-electron chi connectivity index (χ1n) is 6.22. The van der Waals surface area contributed by atoms with Gasteiger partial charge in [-0.15, -0.1) is 0 Å². The monoisotopic (exact) mass is 308 g/mol. The van der Waals surface area contributed by atoms with Gasteiger partial charge in [0.2, 0.25) is 5.89 Å². The average Bonchev–Trinajstić information content (AvgIpc) is 3.00. The molecule has 1 aromatic heterocycles. The summed E-state index contributed by atoms with van der Waals surface area (Å²) in [6.45, 7) is -0.152. The van der Waals surface area contributed by atoms with Crippen LogP contribution in [0.3, 0.4) is 0 Å². The van der Waals surface area contributed by atoms with Crippen LogP contribution < -0.4 is 15.4 Å². The number of ether oxygens (including phenoxy) is 1. The normalized spacial score (nSPS) is 10.1. The van der Waals surface area contributed by atoms with Crippen molar-refractivity contribution in [1.82, 2.24) is 20.8 Å². The summed E-state index contributed by atoms with van der Waals surface area (Å²) in [4.78, 5) is 27.1. The smallest absolute Gasteiger partial charge is 0.292 e. The maximum Gasteiger partial charge on any atom is 0.292 e. The Balaban J connectivity index is 2.07. The van der Waals surface area contributed by atoms with Gasteiger partial charge in [0.1, 0.15) is 17.1 Å². The topological polar surface area (TPSA) is 106 Å². The third-order valence-electron chi connectivity index (χ3n) is 2.72. The summed E-state index contributed by atoms with van der Waals surface area (Å²) >= 11 is 0. The summed E-state index contributed by atoms with van der Waals surface area (Å²) in [7, 11) is 2.75. The summed E-state index contributed by atoms with van der Waals surface area (Å²) in [6, 6.07) is 4.04. The molecule has 2 rings (SSSR count). The minimum atomic E-state index is -0.714. The van der Waals surface area contributed by atoms with E-state index in [1.165, 1.54) is 26.3 Å². The fourth-order valence-corrected chi connectivity index (χ4v) is 1.67. The average molecular weight is 308 g/mol. The molecule has 116 valence electrons. The largest absolute Gasteiger partial charge is 0.496 e. The SMILES string of the molecule is CNC(=O)c1noc(CNC(=O)c2c(F)cccc2OC)n1. The van der Waals surface area contributed by atoms with Gasteiger partial charge < -0.3 is 19.9 Å². The molecule has 0 aliphatic heterocycles. The van der Waals surface area contributed by atoms with Crippen molar-refractivity contribution < 1.29 is 23.2 Å². The van der Waals surface area contributed by atoms with Crippen LogP contribution in [0.5, 0.6) is 5.75 Å². The van der Waals surface area contributed by atoms with Crippen molar-refractivity contribution in [1.29, 1.82) is 0 Å². The molecule has 0 fully saturated rings. The molecule has 2 N–H and O–H groups in total. The van der Waals surface area contributed by atoms with Gasteiger partial charge >= 0.3 is 0 Å². The minimum absolute atomic E-state index is 0.0160. The van der Waals surface area contributed by atoms with Crippen LogP contribution in [-0.4, -0.2) is 36.1 Å². The van der Waals surface area contributed by atoms with Gasteiger partial charge in [0.15, 0.2) is 0 Å². The molecular weight excluding hydrogens is 295 g/mol. The van der Waals surface area contributed by atoms with Crippen LogP contribution in [0.1, 0.15) is 26.9 Å². The van der Waals surface area contributed by atoms with Gasteiger partial charge in [-0.25, -0.2) is 4.39 Å². The number of aromatic nitrogens is 2. The number of amides is 2. The Hall–Kier alpha value is -2.97. The minimum Gasteiger partial charge on any atom is -0.496 e. The molecule has 0 bridgehead atoms. The number of hydrogen-bond donors (Lipinski definition) is 2. The third-order valence-corrected chi connectivity index (χ3v) is 2.72. The van der Waals surface area contributed by atoms with Crippen LogP contribution in [0.15, 0.2) is 22.7 Å². The Morgan fingerprint density at radius 2 is 2.14 bits per heavy atom. The van der Waals surface area contributed by atoms with Gasteiger partial charge in [0, 0.05) is 7.05 Å². The van der Waals surface area contributed by atoms with Gasteiger partial charge in [-0.2, -0.15) is 4.98 Å². The standard InChI is InChI=1S/C13H13FN4O4/c1-15-13(20)11-17-9(22-18-11)6-16-12(19)10-7(14)4-3-5-8(10)21-2/h3-5H,6H2,1-2H3,(H,15,20)(H,16,19). The van der Waals surface area contributed by atoms with Crippen molar-refractivity contribution in [3.8, 4) is 5.75 Å². The van der Waals surface area contributed by atoms with Crippen molar-refractivity contribution in [2.45, 2.75) is 6.54 Å². The Morgan fingerprint density at radius 1 is 1.36 bits per heavy atom. The van der Waals surface area contributed by atoms with Crippen LogP contribution >= 0.6 is 0 Å². The van der Waals surface area contributed by atoms with Gasteiger partial charge in [-0.3, -0.25) is 9.59 Å². The summed E-state index contributed by atoms with van der Waals surface area (Å²) in [5.74, 6) is -1.97. The maximum absolute atomic E-state index is 13.7. The second kappa shape index (κ2) is 6.66. The number of carbonyl (C=O) groups excluding carboxylic acids is 2. The molecule has 9 heteroatoms. The molecule has 0 saturated heterocycles. The lowest BCUT2D eigenvalue weighted by Crippen LogP contribution is -2.25. The van der Waals surface area contributed by atoms with Gasteiger partial charge in [0.05, 0.1) is 13.7 Å². The molecule has 0 aliphatic rings. The number of hydrogen-bond acceptors (Lipinski definition) is 6. The van der Waals surface area contributed by atoms with Crippen molar-refractivity contribution >= 4 is 11.8 Å². The predicted octanol–water partition coefficient (Wildman–Crippen LogP) is 0.507. The molecule has 2 aromatic rings. The highest BCUT2D eigenvalue weighted by Gasteiger charge is 2.19. The first-order valence-corrected chi connectivity index (χ1v) is 6.22. The van der Waals surface area contributed by atoms with Gasteiger partial charge in [-0.05, 0) is 12.1 Å². The molecule has 8 nitrogen and oxygen atoms in total. The molecule has 0 aliphatic carbocycles. The molecule has 0 atom stereocenters. The van der Waals surface area contributed by atoms with E-state index in [0.717, 1.165) is 6.07 Å². The molecule has 1 aromatic carbocycles. The highest BCUT2D eigenvalue weighted by molar-refractivity contribution is 5.97. The molecule has 0 unspecified atom stereocenters. The summed E-state index contributed by atoms with van der Waals surface area (Å²) in [6.07, 6.45) is 0. The zero-order valence-electron chi connectivity index (χ0n) is 11.8. The maximum atomic E-state index is 13.7. The number of nitrogens with zero attached hydrogens (tertiary/aromatic N) is 2. The van der Waals surface area contributed by atoms with Gasteiger partial charge in [-0.1, -0.05) is 11.2 Å². The van der Waals surface area contributed by atoms with Crippen LogP contribution in [0.2, 0.25) is 0 Å². The third kappa shape index (κ3) is 3.19. The van der Waals surface area contributed by atoms with Crippen LogP contribution in [0, 0.1) is 5.82 Å². The number of rotatable bonds is 5. The van der Waals surface area contributed by atoms with E-state index in [0.29, 0.717) is 0 Å². The molecule has 2 amide bonds. The second-order valence-corrected chi connectivity index (χ2v) is 4.09. The highest BCUT2D eigenvalue weighted by Crippen LogP contribution is 2.20. The van der Waals surface area contributed by atoms with Crippen LogP contribution in [0.4, 0.5) is 4.39 Å². The number of carbonyl (C=O) groups is 2. The lowest BCUT2D eigenvalue weighted by atomic mass is 10.1. The summed E-state index contributed by atoms with van der Waals surface area (Å²) in [5.41, 5.74) is -0.226. The summed E-state index contributed by atoms with van der Waals surface area (Å²) in [5, 5.41) is 8.19. The fourth-order valence-electron chi connectivity index (χ4n) is 1.67. The first kappa shape index (κ1) is 15.4. The van der Waals surface area contributed by atoms with E-state index in [-0.39, 0.29) is 29.6 Å². The van der Waals surface area contributed by atoms with Crippen LogP contribution in [-0.2, 0) is 6.54 Å². The second-order valence-electron chi connectivity index (χ2n) is 4.09. The van der Waals surface area contributed by atoms with E-state index >= 15 is 0 Å². The Morgan fingerprint density at radius 3 is 2.82 bits per heavy atom. The molecule has 1 heterocycles. The van der Waals surface area contributed by atoms with E-state index in [4.69, 9.17) is 9.26 Å². The van der Waals surface area contributed by atoms with Crippen LogP contribution in [0.25, 0.3) is 0 Å². The van der Waals surface area contributed by atoms with Crippen molar-refractivity contribution in [2.24, 2.45) is 0 Å². The van der Waals surface area contributed by atoms with E-state index in [2.05, 4.69) is 20.8 Å². The molecule has 0 saturated carbocycles. The molecule has 0 spiro atoms. The highest BCUT2D eigenvalue weighted by atomic mass is 19.1. The Bertz CT molecular complexity index is 701. The van der Waals surface area contributed by atoms with Gasteiger partial charge in [0.25, 0.3) is 17.6 Å². The number of methoxy groups -OCH3 is 1. The summed E-state index contributed by atoms with van der Waals surface area (Å²) < 4.78 is 23.5. The zero-order valence-corrected chi connectivity index (χ0v) is 11.8. The first-order chi connectivity index (χ1) is 10.6. The van der Waals surface area contributed by atoms with Crippen molar-refractivity contribution in [2.75, 3.05) is 14.2 Å². The Labute approximate surface area is 124 Å². The van der Waals surface area contributed by atoms with Crippen molar-refractivity contribution in [3.63, 3.8) is 0 Å².